The first-order chi connectivity index (χ1) is 9.60. The first-order valence-electron chi connectivity index (χ1n) is 7.38. The van der Waals surface area contributed by atoms with Crippen LogP contribution in [0.4, 0.5) is 0 Å². The minimum Gasteiger partial charge on any atom is -0.497 e. The van der Waals surface area contributed by atoms with Crippen molar-refractivity contribution in [3.05, 3.63) is 23.0 Å². The second-order valence-corrected chi connectivity index (χ2v) is 6.49. The van der Waals surface area contributed by atoms with Gasteiger partial charge in [-0.3, -0.25) is 0 Å². The van der Waals surface area contributed by atoms with Crippen LogP contribution in [0.15, 0.2) is 18.2 Å². The van der Waals surface area contributed by atoms with Gasteiger partial charge < -0.3 is 14.3 Å². The van der Waals surface area contributed by atoms with Crippen molar-refractivity contribution in [1.29, 1.82) is 0 Å². The first kappa shape index (κ1) is 13.7. The van der Waals surface area contributed by atoms with Crippen molar-refractivity contribution in [2.24, 2.45) is 11.8 Å². The third-order valence-electron chi connectivity index (χ3n) is 4.86. The van der Waals surface area contributed by atoms with Gasteiger partial charge in [0.2, 0.25) is 0 Å². The van der Waals surface area contributed by atoms with Gasteiger partial charge in [-0.1, -0.05) is 13.8 Å². The highest BCUT2D eigenvalue weighted by Crippen LogP contribution is 2.38. The Morgan fingerprint density at radius 2 is 2.05 bits per heavy atom. The van der Waals surface area contributed by atoms with E-state index in [4.69, 9.17) is 17.0 Å². The number of imidazole rings is 1. The molecular weight excluding hydrogens is 268 g/mol. The highest BCUT2D eigenvalue weighted by Gasteiger charge is 2.27. The number of methoxy groups -OCH3 is 1. The van der Waals surface area contributed by atoms with Gasteiger partial charge in [0.05, 0.1) is 18.1 Å². The summed E-state index contributed by atoms with van der Waals surface area (Å²) in [5.41, 5.74) is 2.27. The van der Waals surface area contributed by atoms with Crippen molar-refractivity contribution in [2.45, 2.75) is 39.2 Å². The molecule has 0 amide bonds. The van der Waals surface area contributed by atoms with Crippen LogP contribution in [0.5, 0.6) is 5.75 Å². The van der Waals surface area contributed by atoms with E-state index in [2.05, 4.69) is 29.5 Å². The normalized spacial score (nSPS) is 26.9. The second-order valence-electron chi connectivity index (χ2n) is 6.10. The Bertz CT molecular complexity index is 673. The number of nitrogens with zero attached hydrogens (tertiary/aromatic N) is 1. The van der Waals surface area contributed by atoms with Crippen LogP contribution in [-0.4, -0.2) is 16.7 Å². The number of aromatic nitrogens is 2. The molecule has 1 aromatic heterocycles. The predicted molar refractivity (Wildman–Crippen MR) is 84.9 cm³/mol. The van der Waals surface area contributed by atoms with Crippen molar-refractivity contribution in [3.8, 4) is 5.75 Å². The molecule has 0 spiro atoms. The zero-order valence-corrected chi connectivity index (χ0v) is 13.2. The number of fused-ring (bicyclic) bond motifs is 1. The molecule has 1 saturated carbocycles. The maximum Gasteiger partial charge on any atom is 0.178 e. The molecule has 3 unspecified atom stereocenters. The largest absolute Gasteiger partial charge is 0.497 e. The third kappa shape index (κ3) is 2.26. The molecule has 0 radical (unpaired) electrons. The number of aromatic amines is 1. The Morgan fingerprint density at radius 1 is 1.25 bits per heavy atom. The minimum atomic E-state index is 0.524. The average molecular weight is 290 g/mol. The topological polar surface area (TPSA) is 29.9 Å². The lowest BCUT2D eigenvalue weighted by atomic mass is 9.79. The van der Waals surface area contributed by atoms with Gasteiger partial charge in [0.1, 0.15) is 5.75 Å². The van der Waals surface area contributed by atoms with Crippen molar-refractivity contribution >= 4 is 23.3 Å². The second kappa shape index (κ2) is 5.24. The molecule has 0 saturated heterocycles. The van der Waals surface area contributed by atoms with Gasteiger partial charge in [-0.05, 0) is 55.4 Å². The van der Waals surface area contributed by atoms with Crippen molar-refractivity contribution < 1.29 is 4.74 Å². The average Bonchev–Trinajstić information content (AvgIpc) is 2.76. The molecule has 1 aliphatic rings. The van der Waals surface area contributed by atoms with Crippen LogP contribution >= 0.6 is 12.2 Å². The Morgan fingerprint density at radius 3 is 2.75 bits per heavy atom. The number of H-pyrrole nitrogens is 1. The molecule has 3 atom stereocenters. The molecule has 3 rings (SSSR count). The smallest absolute Gasteiger partial charge is 0.178 e. The molecule has 4 heteroatoms. The van der Waals surface area contributed by atoms with Gasteiger partial charge in [-0.25, -0.2) is 0 Å². The number of hydrogen-bond acceptors (Lipinski definition) is 2. The molecule has 108 valence electrons. The molecule has 1 aliphatic carbocycles. The van der Waals surface area contributed by atoms with E-state index >= 15 is 0 Å². The summed E-state index contributed by atoms with van der Waals surface area (Å²) in [5, 5.41) is 0. The van der Waals surface area contributed by atoms with E-state index in [1.165, 1.54) is 24.8 Å². The summed E-state index contributed by atoms with van der Waals surface area (Å²) in [5.74, 6) is 2.45. The van der Waals surface area contributed by atoms with E-state index in [-0.39, 0.29) is 0 Å². The van der Waals surface area contributed by atoms with Gasteiger partial charge in [0, 0.05) is 12.1 Å². The van der Waals surface area contributed by atoms with Gasteiger partial charge >= 0.3 is 0 Å². The van der Waals surface area contributed by atoms with Gasteiger partial charge in [0.15, 0.2) is 4.77 Å². The zero-order valence-electron chi connectivity index (χ0n) is 12.3. The molecular formula is C16H22N2OS. The van der Waals surface area contributed by atoms with E-state index in [1.807, 2.05) is 12.1 Å². The van der Waals surface area contributed by atoms with Crippen LogP contribution < -0.4 is 4.74 Å². The summed E-state index contributed by atoms with van der Waals surface area (Å²) in [6.45, 7) is 4.72. The fourth-order valence-electron chi connectivity index (χ4n) is 3.35. The standard InChI is InChI=1S/C16H22N2OS/c1-10-4-5-12(8-11(10)2)18-15-7-6-13(19-3)9-14(15)17-16(18)20/h6-7,9-12H,4-5,8H2,1-3H3,(H,17,20). The number of hydrogen-bond donors (Lipinski definition) is 1. The Labute approximate surface area is 125 Å². The Hall–Kier alpha value is -1.29. The molecule has 0 bridgehead atoms. The molecule has 1 heterocycles. The SMILES string of the molecule is COc1ccc2c(c1)[nH]c(=S)n2C1CCC(C)C(C)C1. The fraction of sp³-hybridized carbons (Fsp3) is 0.562. The van der Waals surface area contributed by atoms with E-state index in [0.29, 0.717) is 6.04 Å². The highest BCUT2D eigenvalue weighted by atomic mass is 32.1. The zero-order chi connectivity index (χ0) is 14.3. The van der Waals surface area contributed by atoms with Crippen LogP contribution in [0, 0.1) is 16.6 Å². The lowest BCUT2D eigenvalue weighted by Gasteiger charge is -2.33. The van der Waals surface area contributed by atoms with Crippen molar-refractivity contribution in [2.75, 3.05) is 7.11 Å². The van der Waals surface area contributed by atoms with E-state index in [0.717, 1.165) is 27.9 Å². The number of rotatable bonds is 2. The summed E-state index contributed by atoms with van der Waals surface area (Å²) in [7, 11) is 1.69. The first-order valence-corrected chi connectivity index (χ1v) is 7.79. The number of nitrogens with one attached hydrogen (secondary N) is 1. The monoisotopic (exact) mass is 290 g/mol. The maximum atomic E-state index is 5.55. The molecule has 1 fully saturated rings. The molecule has 1 aromatic carbocycles. The summed E-state index contributed by atoms with van der Waals surface area (Å²) in [6, 6.07) is 6.67. The Balaban J connectivity index is 2.03. The summed E-state index contributed by atoms with van der Waals surface area (Å²) >= 11 is 5.55. The minimum absolute atomic E-state index is 0.524. The van der Waals surface area contributed by atoms with E-state index in [1.54, 1.807) is 7.11 Å². The maximum absolute atomic E-state index is 5.55. The van der Waals surface area contributed by atoms with Crippen LogP contribution in [0.25, 0.3) is 11.0 Å². The van der Waals surface area contributed by atoms with Crippen LogP contribution in [0.3, 0.4) is 0 Å². The number of ether oxygens (including phenoxy) is 1. The molecule has 20 heavy (non-hydrogen) atoms. The quantitative estimate of drug-likeness (QED) is 0.812. The van der Waals surface area contributed by atoms with Gasteiger partial charge in [-0.15, -0.1) is 0 Å². The van der Waals surface area contributed by atoms with Crippen molar-refractivity contribution in [1.82, 2.24) is 9.55 Å². The lowest BCUT2D eigenvalue weighted by molar-refractivity contribution is 0.212. The van der Waals surface area contributed by atoms with Gasteiger partial charge in [-0.2, -0.15) is 0 Å². The van der Waals surface area contributed by atoms with E-state index in [9.17, 15) is 0 Å². The van der Waals surface area contributed by atoms with Crippen LogP contribution in [0.1, 0.15) is 39.2 Å². The van der Waals surface area contributed by atoms with Crippen LogP contribution in [0.2, 0.25) is 0 Å². The summed E-state index contributed by atoms with van der Waals surface area (Å²) in [6.07, 6.45) is 3.73. The van der Waals surface area contributed by atoms with Crippen molar-refractivity contribution in [3.63, 3.8) is 0 Å². The predicted octanol–water partition coefficient (Wildman–Crippen LogP) is 4.70. The molecule has 1 N–H and O–H groups in total. The highest BCUT2D eigenvalue weighted by molar-refractivity contribution is 7.71. The third-order valence-corrected chi connectivity index (χ3v) is 5.16. The number of benzene rings is 1. The van der Waals surface area contributed by atoms with Crippen LogP contribution in [-0.2, 0) is 0 Å². The van der Waals surface area contributed by atoms with Gasteiger partial charge in [0.25, 0.3) is 0 Å². The molecule has 0 aliphatic heterocycles. The van der Waals surface area contributed by atoms with E-state index < -0.39 is 0 Å². The summed E-state index contributed by atoms with van der Waals surface area (Å²) in [4.78, 5) is 3.32. The Kier molecular flexibility index (Phi) is 3.59. The molecule has 3 nitrogen and oxygen atoms in total. The molecule has 2 aromatic rings. The summed E-state index contributed by atoms with van der Waals surface area (Å²) < 4.78 is 8.43. The fourth-order valence-corrected chi connectivity index (χ4v) is 3.71. The lowest BCUT2D eigenvalue weighted by Crippen LogP contribution is -2.23.